The average molecular weight is 563 g/mol. The number of aromatic amines is 2. The topological polar surface area (TPSA) is 189 Å². The number of carbonyl (C=O) groups is 4. The smallest absolute Gasteiger partial charge is 0.320 e. The van der Waals surface area contributed by atoms with Gasteiger partial charge in [0, 0.05) is 40.6 Å². The fraction of sp³-hybridized carbons (Fsp3) is 0.310. The first-order valence-electron chi connectivity index (χ1n) is 13.1. The van der Waals surface area contributed by atoms with Crippen LogP contribution in [-0.4, -0.2) is 71.4 Å². The van der Waals surface area contributed by atoms with Gasteiger partial charge >= 0.3 is 23.9 Å². The molecule has 2 aromatic heterocycles. The Labute approximate surface area is 234 Å². The number of esters is 4. The Morgan fingerprint density at radius 1 is 0.634 bits per heavy atom. The third kappa shape index (κ3) is 6.23. The molecule has 6 N–H and O–H groups in total. The van der Waals surface area contributed by atoms with E-state index in [1.807, 2.05) is 48.5 Å². The van der Waals surface area contributed by atoms with Crippen molar-refractivity contribution in [1.29, 1.82) is 0 Å². The second-order valence-electron chi connectivity index (χ2n) is 9.68. The molecule has 0 bridgehead atoms. The van der Waals surface area contributed by atoms with E-state index in [4.69, 9.17) is 30.4 Å². The Morgan fingerprint density at radius 2 is 1.05 bits per heavy atom. The number of benzene rings is 2. The van der Waals surface area contributed by atoms with Crippen molar-refractivity contribution in [3.05, 3.63) is 72.1 Å². The molecule has 41 heavy (non-hydrogen) atoms. The zero-order chi connectivity index (χ0) is 28.9. The molecule has 0 spiro atoms. The highest BCUT2D eigenvalue weighted by Crippen LogP contribution is 2.32. The zero-order valence-electron chi connectivity index (χ0n) is 22.0. The van der Waals surface area contributed by atoms with Crippen LogP contribution in [0.2, 0.25) is 0 Å². The Hall–Kier alpha value is -4.68. The number of aromatic nitrogens is 2. The van der Waals surface area contributed by atoms with Crippen molar-refractivity contribution in [3.63, 3.8) is 0 Å². The standard InChI is InChI=1S/C29H30N4O8/c30-12-26(36)38-22-11-23(39-27(37)13-31)29(41-25(35)10-17-15-33-21-8-4-2-6-19(17)21)28(22)40-24(34)9-16-14-32-20-7-3-1-5-18(16)20/h1-8,14-15,22-23,28-29,32-33H,9-13,30-31H2/t22-,23+,28+,29-. The van der Waals surface area contributed by atoms with E-state index in [-0.39, 0.29) is 19.3 Å². The van der Waals surface area contributed by atoms with Gasteiger partial charge in [0.15, 0.2) is 12.2 Å². The monoisotopic (exact) mass is 562 g/mol. The van der Waals surface area contributed by atoms with Crippen molar-refractivity contribution < 1.29 is 38.1 Å². The molecule has 0 aliphatic heterocycles. The van der Waals surface area contributed by atoms with Gasteiger partial charge in [0.1, 0.15) is 12.2 Å². The van der Waals surface area contributed by atoms with Crippen LogP contribution in [0.1, 0.15) is 17.5 Å². The summed E-state index contributed by atoms with van der Waals surface area (Å²) >= 11 is 0. The molecule has 0 unspecified atom stereocenters. The summed E-state index contributed by atoms with van der Waals surface area (Å²) in [6, 6.07) is 14.9. The van der Waals surface area contributed by atoms with E-state index in [1.54, 1.807) is 12.4 Å². The fourth-order valence-electron chi connectivity index (χ4n) is 5.12. The molecule has 2 aromatic carbocycles. The van der Waals surface area contributed by atoms with Gasteiger partial charge in [-0.25, -0.2) is 0 Å². The van der Waals surface area contributed by atoms with Gasteiger partial charge in [-0.05, 0) is 23.3 Å². The third-order valence-electron chi connectivity index (χ3n) is 6.97. The number of hydrogen-bond acceptors (Lipinski definition) is 10. The third-order valence-corrected chi connectivity index (χ3v) is 6.97. The largest absolute Gasteiger partial charge is 0.457 e. The number of para-hydroxylation sites is 2. The first kappa shape index (κ1) is 27.9. The Balaban J connectivity index is 1.38. The molecule has 5 rings (SSSR count). The minimum absolute atomic E-state index is 0.0897. The van der Waals surface area contributed by atoms with Gasteiger partial charge in [-0.3, -0.25) is 19.2 Å². The molecular weight excluding hydrogens is 532 g/mol. The lowest BCUT2D eigenvalue weighted by molar-refractivity contribution is -0.182. The Kier molecular flexibility index (Phi) is 8.31. The summed E-state index contributed by atoms with van der Waals surface area (Å²) in [7, 11) is 0. The fourth-order valence-corrected chi connectivity index (χ4v) is 5.12. The minimum Gasteiger partial charge on any atom is -0.457 e. The number of hydrogen-bond donors (Lipinski definition) is 4. The lowest BCUT2D eigenvalue weighted by atomic mass is 10.1. The predicted octanol–water partition coefficient (Wildman–Crippen LogP) is 1.40. The van der Waals surface area contributed by atoms with Crippen LogP contribution in [0.4, 0.5) is 0 Å². The SMILES string of the molecule is NCC(=O)O[C@H]1C[C@@H](OC(=O)CN)[C@H](OC(=O)Cc2c[nH]c3ccccc23)[C@@H]1OC(=O)Cc1c[nH]c2ccccc12. The van der Waals surface area contributed by atoms with Crippen molar-refractivity contribution in [2.24, 2.45) is 11.5 Å². The van der Waals surface area contributed by atoms with E-state index >= 15 is 0 Å². The summed E-state index contributed by atoms with van der Waals surface area (Å²) in [6.07, 6.45) is -1.58. The molecule has 4 aromatic rings. The molecule has 1 aliphatic rings. The van der Waals surface area contributed by atoms with Crippen LogP contribution < -0.4 is 11.5 Å². The van der Waals surface area contributed by atoms with Gasteiger partial charge in [-0.15, -0.1) is 0 Å². The normalized spacial score (nSPS) is 20.1. The number of H-pyrrole nitrogens is 2. The van der Waals surface area contributed by atoms with Crippen LogP contribution >= 0.6 is 0 Å². The molecule has 1 aliphatic carbocycles. The molecule has 214 valence electrons. The maximum absolute atomic E-state index is 13.2. The van der Waals surface area contributed by atoms with Crippen LogP contribution in [0.5, 0.6) is 0 Å². The number of nitrogens with one attached hydrogen (secondary N) is 2. The molecule has 2 heterocycles. The second-order valence-corrected chi connectivity index (χ2v) is 9.68. The molecule has 1 fully saturated rings. The van der Waals surface area contributed by atoms with Crippen molar-refractivity contribution in [2.45, 2.75) is 43.7 Å². The van der Waals surface area contributed by atoms with Crippen LogP contribution in [-0.2, 0) is 51.0 Å². The minimum atomic E-state index is -1.26. The quantitative estimate of drug-likeness (QED) is 0.162. The molecule has 0 radical (unpaired) electrons. The summed E-state index contributed by atoms with van der Waals surface area (Å²) in [4.78, 5) is 56.8. The van der Waals surface area contributed by atoms with Gasteiger partial charge in [0.25, 0.3) is 0 Å². The highest BCUT2D eigenvalue weighted by molar-refractivity contribution is 5.88. The molecule has 4 atom stereocenters. The average Bonchev–Trinajstić information content (AvgIpc) is 3.65. The lowest BCUT2D eigenvalue weighted by Crippen LogP contribution is -2.43. The molecule has 0 saturated heterocycles. The van der Waals surface area contributed by atoms with Crippen LogP contribution in [0.25, 0.3) is 21.8 Å². The molecule has 1 saturated carbocycles. The summed E-state index contributed by atoms with van der Waals surface area (Å²) in [5, 5.41) is 1.69. The highest BCUT2D eigenvalue weighted by Gasteiger charge is 2.52. The summed E-state index contributed by atoms with van der Waals surface area (Å²) in [6.45, 7) is -0.852. The number of rotatable bonds is 10. The number of fused-ring (bicyclic) bond motifs is 2. The number of nitrogens with two attached hydrogens (primary N) is 2. The first-order valence-corrected chi connectivity index (χ1v) is 13.1. The van der Waals surface area contributed by atoms with Gasteiger partial charge in [0.05, 0.1) is 25.9 Å². The van der Waals surface area contributed by atoms with E-state index in [2.05, 4.69) is 9.97 Å². The van der Waals surface area contributed by atoms with Crippen molar-refractivity contribution in [2.75, 3.05) is 13.1 Å². The summed E-state index contributed by atoms with van der Waals surface area (Å²) in [5.41, 5.74) is 14.0. The Morgan fingerprint density at radius 3 is 1.46 bits per heavy atom. The van der Waals surface area contributed by atoms with Gasteiger partial charge in [-0.1, -0.05) is 36.4 Å². The van der Waals surface area contributed by atoms with E-state index in [1.165, 1.54) is 0 Å². The summed E-state index contributed by atoms with van der Waals surface area (Å²) < 4.78 is 22.4. The first-order chi connectivity index (χ1) is 19.9. The highest BCUT2D eigenvalue weighted by atomic mass is 16.6. The van der Waals surface area contributed by atoms with Crippen molar-refractivity contribution in [1.82, 2.24) is 9.97 Å². The van der Waals surface area contributed by atoms with Gasteiger partial charge < -0.3 is 40.4 Å². The zero-order valence-corrected chi connectivity index (χ0v) is 22.0. The van der Waals surface area contributed by atoms with Crippen LogP contribution in [0, 0.1) is 0 Å². The van der Waals surface area contributed by atoms with E-state index in [9.17, 15) is 19.2 Å². The maximum Gasteiger partial charge on any atom is 0.320 e. The molecule has 0 amide bonds. The van der Waals surface area contributed by atoms with Crippen LogP contribution in [0.15, 0.2) is 60.9 Å². The molecular formula is C29H30N4O8. The molecule has 12 nitrogen and oxygen atoms in total. The molecule has 12 heteroatoms. The number of ether oxygens (including phenoxy) is 4. The van der Waals surface area contributed by atoms with Crippen molar-refractivity contribution >= 4 is 45.7 Å². The van der Waals surface area contributed by atoms with Gasteiger partial charge in [-0.2, -0.15) is 0 Å². The summed E-state index contributed by atoms with van der Waals surface area (Å²) in [5.74, 6) is -2.83. The second kappa shape index (κ2) is 12.2. The van der Waals surface area contributed by atoms with Gasteiger partial charge in [0.2, 0.25) is 0 Å². The number of carbonyl (C=O) groups excluding carboxylic acids is 4. The predicted molar refractivity (Wildman–Crippen MR) is 146 cm³/mol. The maximum atomic E-state index is 13.2. The Bertz CT molecular complexity index is 1460. The van der Waals surface area contributed by atoms with Crippen LogP contribution in [0.3, 0.4) is 0 Å². The van der Waals surface area contributed by atoms with E-state index in [0.717, 1.165) is 21.8 Å². The van der Waals surface area contributed by atoms with Crippen molar-refractivity contribution in [3.8, 4) is 0 Å². The lowest BCUT2D eigenvalue weighted by Gasteiger charge is -2.26. The van der Waals surface area contributed by atoms with E-state index in [0.29, 0.717) is 11.1 Å². The van der Waals surface area contributed by atoms with E-state index < -0.39 is 61.4 Å².